The van der Waals surface area contributed by atoms with Crippen molar-refractivity contribution in [3.8, 4) is 0 Å². The summed E-state index contributed by atoms with van der Waals surface area (Å²) in [6, 6.07) is 5.39. The maximum absolute atomic E-state index is 12.0. The topological polar surface area (TPSA) is 83.8 Å². The van der Waals surface area contributed by atoms with Gasteiger partial charge in [-0.15, -0.1) is 0 Å². The molecular formula is C12H13ClN4O. The second kappa shape index (κ2) is 4.70. The molecular weight excluding hydrogens is 252 g/mol. The Morgan fingerprint density at radius 1 is 1.44 bits per heavy atom. The maximum Gasteiger partial charge on any atom is 0.278 e. The molecule has 2 rings (SSSR count). The van der Waals surface area contributed by atoms with Crippen molar-refractivity contribution in [1.82, 2.24) is 10.2 Å². The SMILES string of the molecule is Cc1cccc(Cl)c1NC(=O)c1n[nH]c(C)c1N. The van der Waals surface area contributed by atoms with Crippen molar-refractivity contribution < 1.29 is 4.79 Å². The first-order valence-electron chi connectivity index (χ1n) is 5.37. The lowest BCUT2D eigenvalue weighted by Crippen LogP contribution is -2.15. The molecule has 5 nitrogen and oxygen atoms in total. The standard InChI is InChI=1S/C12H13ClN4O/c1-6-4-3-5-8(13)10(6)15-12(18)11-9(14)7(2)16-17-11/h3-5H,14H2,1-2H3,(H,15,18)(H,16,17). The van der Waals surface area contributed by atoms with Crippen LogP contribution in [0.2, 0.25) is 5.02 Å². The summed E-state index contributed by atoms with van der Waals surface area (Å²) < 4.78 is 0. The molecule has 0 spiro atoms. The molecule has 0 bridgehead atoms. The summed E-state index contributed by atoms with van der Waals surface area (Å²) >= 11 is 6.03. The number of aromatic amines is 1. The zero-order valence-electron chi connectivity index (χ0n) is 10.0. The Balaban J connectivity index is 2.30. The Bertz CT molecular complexity index is 586. The van der Waals surface area contributed by atoms with Crippen LogP contribution >= 0.6 is 11.6 Å². The number of carbonyl (C=O) groups excluding carboxylic acids is 1. The van der Waals surface area contributed by atoms with E-state index in [2.05, 4.69) is 15.5 Å². The molecule has 1 heterocycles. The van der Waals surface area contributed by atoms with Gasteiger partial charge in [0.2, 0.25) is 0 Å². The van der Waals surface area contributed by atoms with Gasteiger partial charge in [-0.2, -0.15) is 5.10 Å². The third-order valence-electron chi connectivity index (χ3n) is 2.67. The molecule has 0 unspecified atom stereocenters. The zero-order valence-corrected chi connectivity index (χ0v) is 10.8. The monoisotopic (exact) mass is 264 g/mol. The third-order valence-corrected chi connectivity index (χ3v) is 2.99. The first-order valence-corrected chi connectivity index (χ1v) is 5.75. The molecule has 6 heteroatoms. The molecule has 2 aromatic rings. The number of benzene rings is 1. The summed E-state index contributed by atoms with van der Waals surface area (Å²) in [5, 5.41) is 9.73. The van der Waals surface area contributed by atoms with E-state index in [9.17, 15) is 4.79 Å². The van der Waals surface area contributed by atoms with Gasteiger partial charge in [-0.05, 0) is 25.5 Å². The van der Waals surface area contributed by atoms with Crippen molar-refractivity contribution >= 4 is 28.9 Å². The lowest BCUT2D eigenvalue weighted by molar-refractivity contribution is 0.102. The van der Waals surface area contributed by atoms with Crippen LogP contribution in [0.4, 0.5) is 11.4 Å². The number of anilines is 2. The molecule has 94 valence electrons. The molecule has 1 aromatic carbocycles. The van der Waals surface area contributed by atoms with E-state index in [0.29, 0.717) is 22.1 Å². The van der Waals surface area contributed by atoms with Gasteiger partial charge in [0.15, 0.2) is 5.69 Å². The van der Waals surface area contributed by atoms with E-state index >= 15 is 0 Å². The van der Waals surface area contributed by atoms with E-state index in [0.717, 1.165) is 5.56 Å². The minimum Gasteiger partial charge on any atom is -0.395 e. The molecule has 0 aliphatic heterocycles. The summed E-state index contributed by atoms with van der Waals surface area (Å²) in [6.45, 7) is 3.61. The van der Waals surface area contributed by atoms with E-state index in [1.807, 2.05) is 19.1 Å². The maximum atomic E-state index is 12.0. The molecule has 0 atom stereocenters. The lowest BCUT2D eigenvalue weighted by atomic mass is 10.2. The highest BCUT2D eigenvalue weighted by Gasteiger charge is 2.17. The summed E-state index contributed by atoms with van der Waals surface area (Å²) in [5.41, 5.74) is 8.38. The van der Waals surface area contributed by atoms with Crippen LogP contribution < -0.4 is 11.1 Å². The number of amides is 1. The smallest absolute Gasteiger partial charge is 0.278 e. The Labute approximate surface area is 109 Å². The van der Waals surface area contributed by atoms with Crippen LogP contribution in [0.1, 0.15) is 21.7 Å². The van der Waals surface area contributed by atoms with Crippen molar-refractivity contribution in [2.45, 2.75) is 13.8 Å². The molecule has 0 radical (unpaired) electrons. The summed E-state index contributed by atoms with van der Waals surface area (Å²) in [5.74, 6) is -0.381. The van der Waals surface area contributed by atoms with E-state index in [4.69, 9.17) is 17.3 Å². The van der Waals surface area contributed by atoms with Crippen molar-refractivity contribution in [1.29, 1.82) is 0 Å². The van der Waals surface area contributed by atoms with Gasteiger partial charge in [0.05, 0.1) is 22.1 Å². The predicted molar refractivity (Wildman–Crippen MR) is 71.9 cm³/mol. The highest BCUT2D eigenvalue weighted by atomic mass is 35.5. The number of aromatic nitrogens is 2. The van der Waals surface area contributed by atoms with Gasteiger partial charge in [0.25, 0.3) is 5.91 Å². The largest absolute Gasteiger partial charge is 0.395 e. The van der Waals surface area contributed by atoms with Gasteiger partial charge < -0.3 is 11.1 Å². The second-order valence-corrected chi connectivity index (χ2v) is 4.40. The Morgan fingerprint density at radius 2 is 2.17 bits per heavy atom. The van der Waals surface area contributed by atoms with Gasteiger partial charge in [-0.1, -0.05) is 23.7 Å². The van der Waals surface area contributed by atoms with E-state index in [1.165, 1.54) is 0 Å². The fourth-order valence-corrected chi connectivity index (χ4v) is 1.84. The number of para-hydroxylation sites is 1. The fourth-order valence-electron chi connectivity index (χ4n) is 1.57. The van der Waals surface area contributed by atoms with Crippen LogP contribution in [-0.2, 0) is 0 Å². The van der Waals surface area contributed by atoms with Gasteiger partial charge in [0.1, 0.15) is 0 Å². The Hall–Kier alpha value is -2.01. The molecule has 0 saturated carbocycles. The first kappa shape index (κ1) is 12.4. The van der Waals surface area contributed by atoms with Gasteiger partial charge in [0, 0.05) is 0 Å². The average Bonchev–Trinajstić information content (AvgIpc) is 2.65. The van der Waals surface area contributed by atoms with Gasteiger partial charge >= 0.3 is 0 Å². The van der Waals surface area contributed by atoms with Crippen LogP contribution in [0.15, 0.2) is 18.2 Å². The number of H-pyrrole nitrogens is 1. The first-order chi connectivity index (χ1) is 8.50. The number of nitrogens with one attached hydrogen (secondary N) is 2. The summed E-state index contributed by atoms with van der Waals surface area (Å²) in [4.78, 5) is 12.0. The number of rotatable bonds is 2. The van der Waals surface area contributed by atoms with E-state index in [1.54, 1.807) is 13.0 Å². The van der Waals surface area contributed by atoms with E-state index < -0.39 is 0 Å². The number of hydrogen-bond donors (Lipinski definition) is 3. The van der Waals surface area contributed by atoms with Crippen LogP contribution in [0.5, 0.6) is 0 Å². The lowest BCUT2D eigenvalue weighted by Gasteiger charge is -2.09. The van der Waals surface area contributed by atoms with Gasteiger partial charge in [-0.3, -0.25) is 9.89 Å². The fraction of sp³-hybridized carbons (Fsp3) is 0.167. The number of nitrogens with zero attached hydrogens (tertiary/aromatic N) is 1. The number of nitrogens with two attached hydrogens (primary N) is 1. The molecule has 1 aromatic heterocycles. The molecule has 0 fully saturated rings. The van der Waals surface area contributed by atoms with Crippen LogP contribution in [0, 0.1) is 13.8 Å². The molecule has 0 aliphatic rings. The Morgan fingerprint density at radius 3 is 2.72 bits per heavy atom. The quantitative estimate of drug-likeness (QED) is 0.779. The highest BCUT2D eigenvalue weighted by Crippen LogP contribution is 2.26. The predicted octanol–water partition coefficient (Wildman–Crippen LogP) is 2.51. The number of nitrogen functional groups attached to an aromatic ring is 1. The van der Waals surface area contributed by atoms with Crippen LogP contribution in [0.3, 0.4) is 0 Å². The zero-order chi connectivity index (χ0) is 13.3. The summed E-state index contributed by atoms with van der Waals surface area (Å²) in [7, 11) is 0. The van der Waals surface area contributed by atoms with E-state index in [-0.39, 0.29) is 11.6 Å². The molecule has 18 heavy (non-hydrogen) atoms. The van der Waals surface area contributed by atoms with Crippen molar-refractivity contribution in [3.63, 3.8) is 0 Å². The normalized spacial score (nSPS) is 10.4. The Kier molecular flexibility index (Phi) is 3.25. The molecule has 0 aliphatic carbocycles. The van der Waals surface area contributed by atoms with Crippen molar-refractivity contribution in [3.05, 3.63) is 40.2 Å². The summed E-state index contributed by atoms with van der Waals surface area (Å²) in [6.07, 6.45) is 0. The minimum atomic E-state index is -0.381. The average molecular weight is 265 g/mol. The van der Waals surface area contributed by atoms with Crippen molar-refractivity contribution in [2.24, 2.45) is 0 Å². The molecule has 0 saturated heterocycles. The third kappa shape index (κ3) is 2.17. The number of carbonyl (C=O) groups is 1. The van der Waals surface area contributed by atoms with Gasteiger partial charge in [-0.25, -0.2) is 0 Å². The second-order valence-electron chi connectivity index (χ2n) is 4.00. The molecule has 4 N–H and O–H groups in total. The molecule has 1 amide bonds. The van der Waals surface area contributed by atoms with Crippen LogP contribution in [-0.4, -0.2) is 16.1 Å². The van der Waals surface area contributed by atoms with Crippen LogP contribution in [0.25, 0.3) is 0 Å². The minimum absolute atomic E-state index is 0.173. The number of aryl methyl sites for hydroxylation is 2. The highest BCUT2D eigenvalue weighted by molar-refractivity contribution is 6.34. The van der Waals surface area contributed by atoms with Crippen molar-refractivity contribution in [2.75, 3.05) is 11.1 Å². The number of hydrogen-bond acceptors (Lipinski definition) is 3. The number of halogens is 1.